The maximum absolute atomic E-state index is 14.3. The molecule has 2 aliphatic carbocycles. The number of halogens is 1. The molecule has 1 aromatic carbocycles. The maximum Gasteiger partial charge on any atom is 0.264 e. The van der Waals surface area contributed by atoms with Gasteiger partial charge in [0.25, 0.3) is 10.0 Å². The van der Waals surface area contributed by atoms with Crippen LogP contribution < -0.4 is 0 Å². The van der Waals surface area contributed by atoms with Gasteiger partial charge in [0.15, 0.2) is 5.78 Å². The molecule has 2 aliphatic rings. The Labute approximate surface area is 231 Å². The van der Waals surface area contributed by atoms with Crippen LogP contribution in [0.5, 0.6) is 0 Å². The number of carbonyl (C=O) groups is 1. The fourth-order valence-electron chi connectivity index (χ4n) is 5.82. The van der Waals surface area contributed by atoms with Gasteiger partial charge < -0.3 is 0 Å². The molecule has 0 aliphatic heterocycles. The Morgan fingerprint density at radius 2 is 1.88 bits per heavy atom. The number of pyridine rings is 1. The number of ketones is 1. The number of fused-ring (bicyclic) bond motifs is 2. The molecule has 0 saturated heterocycles. The Kier molecular flexibility index (Phi) is 6.26. The van der Waals surface area contributed by atoms with Crippen molar-refractivity contribution in [2.75, 3.05) is 7.05 Å². The van der Waals surface area contributed by atoms with Crippen molar-refractivity contribution in [3.8, 4) is 5.69 Å². The SMILES string of the molecule is Cc1ccc(C(=O)[C@]23Cc4cnn(-c5ccc(F)cc5)c4C=C2CC[C@H](N(C)S(=O)(=O)c2cnn(C)n2)C3)nc1. The van der Waals surface area contributed by atoms with Crippen LogP contribution in [0.1, 0.15) is 46.6 Å². The molecule has 1 saturated carbocycles. The smallest absolute Gasteiger partial charge is 0.264 e. The van der Waals surface area contributed by atoms with Crippen molar-refractivity contribution in [1.29, 1.82) is 0 Å². The largest absolute Gasteiger partial charge is 0.291 e. The topological polar surface area (TPSA) is 116 Å². The lowest BCUT2D eigenvalue weighted by Gasteiger charge is -2.45. The lowest BCUT2D eigenvalue weighted by molar-refractivity contribution is 0.0747. The summed E-state index contributed by atoms with van der Waals surface area (Å²) in [4.78, 5) is 20.0. The highest BCUT2D eigenvalue weighted by Gasteiger charge is 2.51. The summed E-state index contributed by atoms with van der Waals surface area (Å²) >= 11 is 0. The maximum atomic E-state index is 14.3. The van der Waals surface area contributed by atoms with Gasteiger partial charge in [0.05, 0.1) is 29.2 Å². The van der Waals surface area contributed by atoms with E-state index >= 15 is 0 Å². The number of hydrogen-bond donors (Lipinski definition) is 0. The number of allylic oxidation sites excluding steroid dienone is 1. The molecule has 40 heavy (non-hydrogen) atoms. The van der Waals surface area contributed by atoms with Crippen LogP contribution in [0, 0.1) is 18.2 Å². The molecule has 10 nitrogen and oxygen atoms in total. The molecule has 0 unspecified atom stereocenters. The normalized spacial score (nSPS) is 20.6. The number of aromatic nitrogens is 6. The lowest BCUT2D eigenvalue weighted by atomic mass is 9.60. The van der Waals surface area contributed by atoms with Crippen molar-refractivity contribution >= 4 is 21.9 Å². The second kappa shape index (κ2) is 9.56. The fraction of sp³-hybridized carbons (Fsp3) is 0.321. The summed E-state index contributed by atoms with van der Waals surface area (Å²) in [6.07, 6.45) is 8.28. The number of aryl methyl sites for hydroxylation is 2. The van der Waals surface area contributed by atoms with E-state index in [4.69, 9.17) is 0 Å². The van der Waals surface area contributed by atoms with Gasteiger partial charge >= 0.3 is 0 Å². The summed E-state index contributed by atoms with van der Waals surface area (Å²) in [5, 5.41) is 12.4. The Balaban J connectivity index is 1.42. The van der Waals surface area contributed by atoms with E-state index in [1.807, 2.05) is 19.1 Å². The first-order valence-corrected chi connectivity index (χ1v) is 14.4. The van der Waals surface area contributed by atoms with Gasteiger partial charge in [-0.3, -0.25) is 9.78 Å². The molecule has 1 fully saturated rings. The van der Waals surface area contributed by atoms with Crippen molar-refractivity contribution in [3.63, 3.8) is 0 Å². The van der Waals surface area contributed by atoms with Gasteiger partial charge in [-0.15, -0.1) is 5.10 Å². The molecular formula is C28H28FN7O3S. The van der Waals surface area contributed by atoms with Crippen LogP contribution >= 0.6 is 0 Å². The van der Waals surface area contributed by atoms with Crippen LogP contribution in [0.4, 0.5) is 4.39 Å². The number of sulfonamides is 1. The zero-order valence-electron chi connectivity index (χ0n) is 22.3. The van der Waals surface area contributed by atoms with Crippen molar-refractivity contribution in [2.45, 2.75) is 43.7 Å². The van der Waals surface area contributed by atoms with Gasteiger partial charge in [-0.2, -0.15) is 19.3 Å². The average molecular weight is 562 g/mol. The third kappa shape index (κ3) is 4.27. The Hall–Kier alpha value is -4.03. The van der Waals surface area contributed by atoms with Crippen LogP contribution in [0.25, 0.3) is 11.8 Å². The molecule has 0 amide bonds. The van der Waals surface area contributed by atoms with E-state index in [1.54, 1.807) is 42.3 Å². The zero-order chi connectivity index (χ0) is 28.2. The number of hydrogen-bond acceptors (Lipinski definition) is 7. The first kappa shape index (κ1) is 26.2. The molecule has 4 aromatic rings. The van der Waals surface area contributed by atoms with E-state index in [-0.39, 0.29) is 23.0 Å². The van der Waals surface area contributed by atoms with E-state index in [2.05, 4.69) is 20.3 Å². The molecule has 0 bridgehead atoms. The Bertz CT molecular complexity index is 1740. The summed E-state index contributed by atoms with van der Waals surface area (Å²) < 4.78 is 43.5. The van der Waals surface area contributed by atoms with Gasteiger partial charge in [-0.05, 0) is 80.1 Å². The molecule has 3 aromatic heterocycles. The monoisotopic (exact) mass is 561 g/mol. The molecule has 6 rings (SSSR count). The molecule has 0 radical (unpaired) electrons. The predicted molar refractivity (Wildman–Crippen MR) is 145 cm³/mol. The molecule has 0 N–H and O–H groups in total. The van der Waals surface area contributed by atoms with E-state index < -0.39 is 21.5 Å². The zero-order valence-corrected chi connectivity index (χ0v) is 23.1. The minimum Gasteiger partial charge on any atom is -0.291 e. The lowest BCUT2D eigenvalue weighted by Crippen LogP contribution is -2.49. The van der Waals surface area contributed by atoms with E-state index in [0.29, 0.717) is 30.6 Å². The number of nitrogens with zero attached hydrogens (tertiary/aromatic N) is 7. The molecular weight excluding hydrogens is 533 g/mol. The third-order valence-electron chi connectivity index (χ3n) is 8.02. The molecule has 206 valence electrons. The standard InChI is InChI=1S/C28H28FN7O3S/c1-18-4-11-24(30-15-18)27(37)28-13-19-16-32-36(22-9-6-21(29)7-10-22)25(19)12-20(28)5-8-23(14-28)34(2)40(38,39)26-17-31-35(3)33-26/h4,6-7,9-12,15-17,23H,5,8,13-14H2,1-3H3/t23-,28-/m0/s1. The highest BCUT2D eigenvalue weighted by Crippen LogP contribution is 2.51. The average Bonchev–Trinajstić information content (AvgIpc) is 3.57. The van der Waals surface area contributed by atoms with Crippen LogP contribution in [0.2, 0.25) is 0 Å². The summed E-state index contributed by atoms with van der Waals surface area (Å²) in [5.41, 5.74) is 3.59. The molecule has 0 spiro atoms. The van der Waals surface area contributed by atoms with Crippen molar-refractivity contribution in [2.24, 2.45) is 12.5 Å². The summed E-state index contributed by atoms with van der Waals surface area (Å²) in [6, 6.07) is 9.22. The minimum atomic E-state index is -3.93. The van der Waals surface area contributed by atoms with E-state index in [0.717, 1.165) is 22.4 Å². The van der Waals surface area contributed by atoms with E-state index in [1.165, 1.54) is 34.5 Å². The van der Waals surface area contributed by atoms with Crippen LogP contribution in [-0.2, 0) is 23.5 Å². The first-order valence-electron chi connectivity index (χ1n) is 12.9. The number of Topliss-reactive ketones (excluding diaryl/α,β-unsaturated/α-hetero) is 1. The molecule has 12 heteroatoms. The van der Waals surface area contributed by atoms with Gasteiger partial charge in [-0.1, -0.05) is 11.6 Å². The van der Waals surface area contributed by atoms with Crippen LogP contribution in [-0.4, -0.2) is 61.4 Å². The highest BCUT2D eigenvalue weighted by molar-refractivity contribution is 7.89. The number of benzene rings is 1. The van der Waals surface area contributed by atoms with Crippen molar-refractivity contribution < 1.29 is 17.6 Å². The van der Waals surface area contributed by atoms with Gasteiger partial charge in [0, 0.05) is 26.3 Å². The second-order valence-electron chi connectivity index (χ2n) is 10.5. The number of carbonyl (C=O) groups excluding carboxylic acids is 1. The molecule has 2 atom stereocenters. The summed E-state index contributed by atoms with van der Waals surface area (Å²) in [6.45, 7) is 1.91. The summed E-state index contributed by atoms with van der Waals surface area (Å²) in [5.74, 6) is -0.480. The third-order valence-corrected chi connectivity index (χ3v) is 9.79. The predicted octanol–water partition coefficient (Wildman–Crippen LogP) is 3.53. The van der Waals surface area contributed by atoms with Gasteiger partial charge in [0.1, 0.15) is 11.5 Å². The van der Waals surface area contributed by atoms with E-state index in [9.17, 15) is 17.6 Å². The number of rotatable bonds is 6. The van der Waals surface area contributed by atoms with Gasteiger partial charge in [-0.25, -0.2) is 17.5 Å². The van der Waals surface area contributed by atoms with Gasteiger partial charge in [0.2, 0.25) is 5.03 Å². The Morgan fingerprint density at radius 1 is 1.10 bits per heavy atom. The first-order chi connectivity index (χ1) is 19.1. The molecule has 3 heterocycles. The van der Waals surface area contributed by atoms with Crippen molar-refractivity contribution in [3.05, 3.63) is 88.9 Å². The quantitative estimate of drug-likeness (QED) is 0.331. The van der Waals surface area contributed by atoms with Crippen LogP contribution in [0.3, 0.4) is 0 Å². The van der Waals surface area contributed by atoms with Crippen molar-refractivity contribution in [1.82, 2.24) is 34.1 Å². The Morgan fingerprint density at radius 3 is 2.55 bits per heavy atom. The highest BCUT2D eigenvalue weighted by atomic mass is 32.2. The summed E-state index contributed by atoms with van der Waals surface area (Å²) in [7, 11) is -0.834. The minimum absolute atomic E-state index is 0.133. The van der Waals surface area contributed by atoms with Crippen LogP contribution in [0.15, 0.2) is 65.6 Å². The fourth-order valence-corrected chi connectivity index (χ4v) is 7.09. The second-order valence-corrected chi connectivity index (χ2v) is 12.5.